The molecule has 2 aromatic heterocycles. The summed E-state index contributed by atoms with van der Waals surface area (Å²) in [5.74, 6) is 0.376. The van der Waals surface area contributed by atoms with E-state index in [2.05, 4.69) is 11.6 Å². The number of carbonyl (C=O) groups excluding carboxylic acids is 1. The van der Waals surface area contributed by atoms with E-state index >= 15 is 0 Å². The summed E-state index contributed by atoms with van der Waals surface area (Å²) in [5.41, 5.74) is 3.47. The molecule has 3 aromatic rings. The van der Waals surface area contributed by atoms with Gasteiger partial charge in [-0.15, -0.1) is 0 Å². The third-order valence-electron chi connectivity index (χ3n) is 7.35. The molecule has 2 atom stereocenters. The van der Waals surface area contributed by atoms with Crippen LogP contribution in [0.25, 0.3) is 11.3 Å². The average molecular weight is 563 g/mol. The third-order valence-corrected chi connectivity index (χ3v) is 7.64. The second-order valence-corrected chi connectivity index (χ2v) is 10.8. The summed E-state index contributed by atoms with van der Waals surface area (Å²) in [6.07, 6.45) is 1.73. The number of halogens is 2. The normalized spacial score (nSPS) is 19.0. The molecule has 0 radical (unpaired) electrons. The van der Waals surface area contributed by atoms with Crippen LogP contribution in [0.5, 0.6) is 0 Å². The fourth-order valence-electron chi connectivity index (χ4n) is 5.37. The van der Waals surface area contributed by atoms with Gasteiger partial charge in [0.2, 0.25) is 12.3 Å². The Labute approximate surface area is 238 Å². The minimum absolute atomic E-state index is 0.0461. The van der Waals surface area contributed by atoms with Gasteiger partial charge in [-0.05, 0) is 55.7 Å². The van der Waals surface area contributed by atoms with E-state index < -0.39 is 12.2 Å². The number of amidine groups is 1. The Bertz CT molecular complexity index is 1510. The number of carbonyl (C=O) groups is 1. The van der Waals surface area contributed by atoms with Crippen LogP contribution in [0.1, 0.15) is 43.5 Å². The van der Waals surface area contributed by atoms with Gasteiger partial charge in [-0.3, -0.25) is 14.7 Å². The molecule has 8 nitrogen and oxygen atoms in total. The predicted octanol–water partition coefficient (Wildman–Crippen LogP) is 5.26. The minimum Gasteiger partial charge on any atom is -0.355 e. The van der Waals surface area contributed by atoms with E-state index in [1.165, 1.54) is 12.1 Å². The van der Waals surface area contributed by atoms with Gasteiger partial charge >= 0.3 is 0 Å². The Morgan fingerprint density at radius 2 is 1.98 bits per heavy atom. The van der Waals surface area contributed by atoms with Gasteiger partial charge in [-0.25, -0.2) is 14.4 Å². The number of nitrogens with zero attached hydrogens (tertiary/aromatic N) is 6. The van der Waals surface area contributed by atoms with Gasteiger partial charge in [-0.2, -0.15) is 0 Å². The molecule has 1 fully saturated rings. The maximum Gasteiger partial charge on any atom is 0.246 e. The van der Waals surface area contributed by atoms with Crippen LogP contribution in [0.3, 0.4) is 0 Å². The molecule has 40 heavy (non-hydrogen) atoms. The van der Waals surface area contributed by atoms with Crippen molar-refractivity contribution >= 4 is 34.8 Å². The number of pyridine rings is 2. The smallest absolute Gasteiger partial charge is 0.246 e. The van der Waals surface area contributed by atoms with Crippen molar-refractivity contribution in [2.75, 3.05) is 24.5 Å². The van der Waals surface area contributed by atoms with Crippen molar-refractivity contribution in [1.29, 1.82) is 0 Å². The number of hydrogen-bond acceptors (Lipinski definition) is 7. The molecule has 5 rings (SSSR count). The van der Waals surface area contributed by atoms with Gasteiger partial charge < -0.3 is 14.9 Å². The fourth-order valence-corrected chi connectivity index (χ4v) is 5.63. The number of benzene rings is 1. The standard InChI is InChI=1S/C30H32ClFN6O2/c1-6-24(39)36-13-14-37(19(5)16-36)28-21-15-22(31)26(20-9-7-8-10-23(20)32)34-29(21)38(30(40)35-28)27-18(4)11-12-33-25(27)17(2)3/h6-12,15,17,19,30,40H,1,13-14,16H2,2-5H3/t19-,30?/m0/s1. The topological polar surface area (TPSA) is 85.2 Å². The molecule has 0 bridgehead atoms. The number of piperazine rings is 1. The fraction of sp³-hybridized carbons (Fsp3) is 0.333. The molecule has 4 heterocycles. The lowest BCUT2D eigenvalue weighted by Crippen LogP contribution is -2.56. The molecule has 0 aliphatic carbocycles. The molecular formula is C30H32ClFN6O2. The van der Waals surface area contributed by atoms with Crippen molar-refractivity contribution in [1.82, 2.24) is 19.8 Å². The molecule has 1 aromatic carbocycles. The quantitative estimate of drug-likeness (QED) is 0.437. The van der Waals surface area contributed by atoms with E-state index in [-0.39, 0.29) is 34.1 Å². The average Bonchev–Trinajstić information content (AvgIpc) is 2.93. The second-order valence-electron chi connectivity index (χ2n) is 10.4. The molecular weight excluding hydrogens is 531 g/mol. The van der Waals surface area contributed by atoms with Gasteiger partial charge in [0.15, 0.2) is 0 Å². The first kappa shape index (κ1) is 27.7. The monoisotopic (exact) mass is 562 g/mol. The second kappa shape index (κ2) is 11.0. The number of aliphatic imine (C=N–C) groups is 1. The molecule has 1 unspecified atom stereocenters. The third kappa shape index (κ3) is 4.84. The van der Waals surface area contributed by atoms with E-state index in [4.69, 9.17) is 21.6 Å². The molecule has 2 aliphatic heterocycles. The van der Waals surface area contributed by atoms with E-state index in [9.17, 15) is 14.3 Å². The van der Waals surface area contributed by atoms with Crippen molar-refractivity contribution in [3.63, 3.8) is 0 Å². The van der Waals surface area contributed by atoms with E-state index in [1.54, 1.807) is 40.3 Å². The van der Waals surface area contributed by atoms with Crippen molar-refractivity contribution in [3.05, 3.63) is 82.9 Å². The number of aliphatic hydroxyl groups excluding tert-OH is 1. The molecule has 1 amide bonds. The van der Waals surface area contributed by atoms with E-state index in [0.29, 0.717) is 42.5 Å². The van der Waals surface area contributed by atoms with Crippen molar-refractivity contribution in [3.8, 4) is 11.3 Å². The first-order valence-corrected chi connectivity index (χ1v) is 13.6. The first-order valence-electron chi connectivity index (χ1n) is 13.3. The molecule has 1 N–H and O–H groups in total. The zero-order valence-corrected chi connectivity index (χ0v) is 23.7. The van der Waals surface area contributed by atoms with Crippen LogP contribution in [0.4, 0.5) is 15.9 Å². The number of aryl methyl sites for hydroxylation is 1. The number of aliphatic hydroxyl groups is 1. The number of amides is 1. The van der Waals surface area contributed by atoms with Crippen LogP contribution in [-0.4, -0.2) is 68.6 Å². The molecule has 0 spiro atoms. The lowest BCUT2D eigenvalue weighted by Gasteiger charge is -2.44. The summed E-state index contributed by atoms with van der Waals surface area (Å²) in [7, 11) is 0. The van der Waals surface area contributed by atoms with Gasteiger partial charge in [0.05, 0.1) is 27.7 Å². The number of hydrogen-bond donors (Lipinski definition) is 1. The van der Waals surface area contributed by atoms with Crippen molar-refractivity contribution in [2.24, 2.45) is 4.99 Å². The summed E-state index contributed by atoms with van der Waals surface area (Å²) in [6, 6.07) is 9.82. The summed E-state index contributed by atoms with van der Waals surface area (Å²) >= 11 is 6.77. The van der Waals surface area contributed by atoms with Gasteiger partial charge in [0.25, 0.3) is 0 Å². The number of rotatable bonds is 4. The van der Waals surface area contributed by atoms with Crippen LogP contribution in [0, 0.1) is 12.7 Å². The van der Waals surface area contributed by atoms with Crippen LogP contribution >= 0.6 is 11.6 Å². The van der Waals surface area contributed by atoms with Crippen LogP contribution in [-0.2, 0) is 4.79 Å². The van der Waals surface area contributed by atoms with Crippen LogP contribution in [0.15, 0.2) is 60.2 Å². The van der Waals surface area contributed by atoms with E-state index in [1.807, 2.05) is 38.7 Å². The Kier molecular flexibility index (Phi) is 7.61. The van der Waals surface area contributed by atoms with Crippen LogP contribution in [0.2, 0.25) is 5.02 Å². The molecule has 208 valence electrons. The minimum atomic E-state index is -1.33. The highest BCUT2D eigenvalue weighted by atomic mass is 35.5. The van der Waals surface area contributed by atoms with Crippen molar-refractivity contribution in [2.45, 2.75) is 46.0 Å². The zero-order chi connectivity index (χ0) is 28.7. The maximum atomic E-state index is 14.9. The van der Waals surface area contributed by atoms with Crippen LogP contribution < -0.4 is 4.90 Å². The summed E-state index contributed by atoms with van der Waals surface area (Å²) in [4.78, 5) is 32.0. The zero-order valence-electron chi connectivity index (χ0n) is 23.0. The number of fused-ring (bicyclic) bond motifs is 1. The Balaban J connectivity index is 1.70. The van der Waals surface area contributed by atoms with Crippen molar-refractivity contribution < 1.29 is 14.3 Å². The number of anilines is 2. The lowest BCUT2D eigenvalue weighted by molar-refractivity contribution is -0.128. The van der Waals surface area contributed by atoms with Gasteiger partial charge in [-0.1, -0.05) is 44.2 Å². The molecule has 10 heteroatoms. The SMILES string of the molecule is C=CC(=O)N1CCN(C2=NC(O)N(c3c(C)ccnc3C(C)C)c3nc(-c4ccccc4F)c(Cl)cc32)[C@@H](C)C1. The highest BCUT2D eigenvalue weighted by Crippen LogP contribution is 2.42. The molecule has 1 saturated heterocycles. The Hall–Kier alpha value is -3.82. The summed E-state index contributed by atoms with van der Waals surface area (Å²) in [6.45, 7) is 13.0. The number of aromatic nitrogens is 2. The van der Waals surface area contributed by atoms with Gasteiger partial charge in [0.1, 0.15) is 17.5 Å². The van der Waals surface area contributed by atoms with E-state index in [0.717, 1.165) is 11.3 Å². The molecule has 0 saturated carbocycles. The molecule has 2 aliphatic rings. The predicted molar refractivity (Wildman–Crippen MR) is 155 cm³/mol. The van der Waals surface area contributed by atoms with Gasteiger partial charge in [0, 0.05) is 37.4 Å². The lowest BCUT2D eigenvalue weighted by atomic mass is 10.0. The highest BCUT2D eigenvalue weighted by Gasteiger charge is 2.38. The Morgan fingerprint density at radius 3 is 2.65 bits per heavy atom. The highest BCUT2D eigenvalue weighted by molar-refractivity contribution is 6.33. The first-order chi connectivity index (χ1) is 19.1. The maximum absolute atomic E-state index is 14.9. The summed E-state index contributed by atoms with van der Waals surface area (Å²) in [5, 5.41) is 11.9. The Morgan fingerprint density at radius 1 is 1.23 bits per heavy atom. The largest absolute Gasteiger partial charge is 0.355 e. The summed E-state index contributed by atoms with van der Waals surface area (Å²) < 4.78 is 14.9.